The lowest BCUT2D eigenvalue weighted by molar-refractivity contribution is -0.0514. The Morgan fingerprint density at radius 1 is 0.594 bits per heavy atom. The van der Waals surface area contributed by atoms with Crippen molar-refractivity contribution in [3.8, 4) is 12.8 Å². The molecule has 6 nitrogen and oxygen atoms in total. The number of hydrogen-bond acceptors (Lipinski definition) is 4. The van der Waals surface area contributed by atoms with Crippen molar-refractivity contribution in [3.63, 3.8) is 0 Å². The van der Waals surface area contributed by atoms with Crippen LogP contribution in [0.3, 0.4) is 0 Å². The van der Waals surface area contributed by atoms with E-state index in [9.17, 15) is 26.3 Å². The molecule has 0 saturated carbocycles. The highest BCUT2D eigenvalue weighted by Crippen LogP contribution is 2.21. The Balaban J connectivity index is -0.000000341. The number of benzene rings is 2. The Labute approximate surface area is 208 Å². The van der Waals surface area contributed by atoms with Gasteiger partial charge in [-0.15, -0.1) is 12.8 Å². The molecule has 0 bridgehead atoms. The van der Waals surface area contributed by atoms with E-state index >= 15 is 0 Å². The molecule has 32 heavy (non-hydrogen) atoms. The molecule has 0 saturated heterocycles. The summed E-state index contributed by atoms with van der Waals surface area (Å²) in [5, 5.41) is 0. The highest BCUT2D eigenvalue weighted by Gasteiger charge is 2.45. The van der Waals surface area contributed by atoms with E-state index in [0.29, 0.717) is 0 Å². The fourth-order valence-corrected chi connectivity index (χ4v) is 1.66. The standard InChI is InChI=1S/2C6H5I.C2H2.2CHF3O3S/c2*7-6-4-2-1-3-5-6;1-2;2*2-1(3,4)8(5,6)7/h2*1-5H;1-2H;2*(H,5,6,7). The van der Waals surface area contributed by atoms with E-state index in [1.807, 2.05) is 36.4 Å². The van der Waals surface area contributed by atoms with E-state index in [1.54, 1.807) is 0 Å². The van der Waals surface area contributed by atoms with Crippen molar-refractivity contribution in [2.24, 2.45) is 0 Å². The van der Waals surface area contributed by atoms with Gasteiger partial charge in [0.2, 0.25) is 0 Å². The van der Waals surface area contributed by atoms with E-state index in [0.717, 1.165) is 0 Å². The van der Waals surface area contributed by atoms with Gasteiger partial charge in [0, 0.05) is 7.14 Å². The summed E-state index contributed by atoms with van der Waals surface area (Å²) >= 11 is 4.56. The van der Waals surface area contributed by atoms with Crippen molar-refractivity contribution in [3.05, 3.63) is 67.8 Å². The summed E-state index contributed by atoms with van der Waals surface area (Å²) < 4.78 is 118. The maximum absolute atomic E-state index is 10.7. The smallest absolute Gasteiger partial charge is 0.279 e. The van der Waals surface area contributed by atoms with E-state index in [2.05, 4.69) is 82.3 Å². The Kier molecular flexibility index (Phi) is 18.2. The molecule has 182 valence electrons. The third kappa shape index (κ3) is 20.7. The van der Waals surface area contributed by atoms with Gasteiger partial charge >= 0.3 is 31.3 Å². The van der Waals surface area contributed by atoms with Gasteiger partial charge in [-0.3, -0.25) is 9.11 Å². The lowest BCUT2D eigenvalue weighted by Gasteiger charge is -1.97. The Bertz CT molecular complexity index is 899. The number of terminal acetylenes is 1. The molecule has 0 aromatic heterocycles. The first kappa shape index (κ1) is 35.4. The third-order valence-corrected chi connectivity index (χ3v) is 4.66. The number of hydrogen-bond donors (Lipinski definition) is 2. The largest absolute Gasteiger partial charge is 0.522 e. The quantitative estimate of drug-likeness (QED) is 0.120. The molecule has 0 aliphatic rings. The lowest BCUT2D eigenvalue weighted by atomic mass is 10.4. The monoisotopic (exact) mass is 734 g/mol. The summed E-state index contributed by atoms with van der Waals surface area (Å²) in [7, 11) is -11.7. The average Bonchev–Trinajstić information content (AvgIpc) is 2.63. The number of alkyl halides is 6. The van der Waals surface area contributed by atoms with Crippen molar-refractivity contribution < 1.29 is 52.3 Å². The minimum Gasteiger partial charge on any atom is -0.279 e. The van der Waals surface area contributed by atoms with Gasteiger partial charge in [-0.25, -0.2) is 0 Å². The van der Waals surface area contributed by atoms with E-state index < -0.39 is 31.3 Å². The first-order chi connectivity index (χ1) is 14.3. The van der Waals surface area contributed by atoms with Crippen LogP contribution in [-0.2, 0) is 20.2 Å². The summed E-state index contributed by atoms with van der Waals surface area (Å²) in [6, 6.07) is 20.4. The molecule has 16 heteroatoms. The maximum Gasteiger partial charge on any atom is 0.522 e. The van der Waals surface area contributed by atoms with Crippen LogP contribution < -0.4 is 0 Å². The van der Waals surface area contributed by atoms with Crippen LogP contribution in [0.5, 0.6) is 0 Å². The van der Waals surface area contributed by atoms with E-state index in [-0.39, 0.29) is 0 Å². The zero-order chi connectivity index (χ0) is 26.2. The van der Waals surface area contributed by atoms with Gasteiger partial charge in [0.25, 0.3) is 0 Å². The Hall–Kier alpha value is -1.14. The second-order valence-electron chi connectivity index (χ2n) is 4.43. The molecule has 2 aromatic carbocycles. The summed E-state index contributed by atoms with van der Waals surface area (Å²) in [5.74, 6) is 0. The molecule has 0 heterocycles. The third-order valence-electron chi connectivity index (χ3n) is 2.05. The zero-order valence-electron chi connectivity index (χ0n) is 15.3. The first-order valence-corrected chi connectivity index (χ1v) is 12.1. The predicted octanol–water partition coefficient (Wildman–Crippen LogP) is 5.62. The van der Waals surface area contributed by atoms with Crippen molar-refractivity contribution in [2.45, 2.75) is 11.0 Å². The molecule has 2 rings (SSSR count). The van der Waals surface area contributed by atoms with Crippen LogP contribution in [0.2, 0.25) is 0 Å². The Morgan fingerprint density at radius 3 is 0.812 bits per heavy atom. The van der Waals surface area contributed by atoms with Gasteiger partial charge in [-0.2, -0.15) is 43.2 Å². The summed E-state index contributed by atoms with van der Waals surface area (Å²) in [6.45, 7) is 0. The van der Waals surface area contributed by atoms with Crippen molar-refractivity contribution in [2.75, 3.05) is 0 Å². The van der Waals surface area contributed by atoms with Crippen molar-refractivity contribution in [1.82, 2.24) is 0 Å². The molecule has 0 aliphatic carbocycles. The molecule has 2 aromatic rings. The van der Waals surface area contributed by atoms with Crippen LogP contribution in [0.4, 0.5) is 26.3 Å². The molecule has 0 radical (unpaired) electrons. The second kappa shape index (κ2) is 16.5. The SMILES string of the molecule is C#C.Ic1ccccc1.Ic1ccccc1.O=S(=O)(O)C(F)(F)F.O=S(=O)(O)C(F)(F)F. The molecule has 0 fully saturated rings. The molecule has 2 N–H and O–H groups in total. The molecule has 0 spiro atoms. The van der Waals surface area contributed by atoms with Gasteiger partial charge in [-0.1, -0.05) is 36.4 Å². The van der Waals surface area contributed by atoms with Crippen LogP contribution in [0.15, 0.2) is 60.7 Å². The van der Waals surface area contributed by atoms with E-state index in [1.165, 1.54) is 7.14 Å². The zero-order valence-corrected chi connectivity index (χ0v) is 21.2. The maximum atomic E-state index is 10.7. The topological polar surface area (TPSA) is 109 Å². The summed E-state index contributed by atoms with van der Waals surface area (Å²) in [5.41, 5.74) is -11.1. The number of halogens is 8. The molecular formula is C16H14F6I2O6S2. The molecule has 0 aliphatic heterocycles. The van der Waals surface area contributed by atoms with Crippen LogP contribution in [0.1, 0.15) is 0 Å². The molecule has 0 atom stereocenters. The second-order valence-corrected chi connectivity index (χ2v) is 9.75. The van der Waals surface area contributed by atoms with Crippen LogP contribution in [0.25, 0.3) is 0 Å². The first-order valence-electron chi connectivity index (χ1n) is 7.11. The van der Waals surface area contributed by atoms with E-state index in [4.69, 9.17) is 25.9 Å². The average molecular weight is 734 g/mol. The van der Waals surface area contributed by atoms with Gasteiger partial charge in [0.15, 0.2) is 0 Å². The van der Waals surface area contributed by atoms with Crippen molar-refractivity contribution in [1.29, 1.82) is 0 Å². The van der Waals surface area contributed by atoms with Gasteiger partial charge < -0.3 is 0 Å². The predicted molar refractivity (Wildman–Crippen MR) is 123 cm³/mol. The summed E-state index contributed by atoms with van der Waals surface area (Å²) in [4.78, 5) is 0. The fourth-order valence-electron chi connectivity index (χ4n) is 0.829. The minimum absolute atomic E-state index is 1.29. The lowest BCUT2D eigenvalue weighted by Crippen LogP contribution is -2.21. The number of rotatable bonds is 0. The van der Waals surface area contributed by atoms with Gasteiger partial charge in [0.05, 0.1) is 0 Å². The van der Waals surface area contributed by atoms with Crippen molar-refractivity contribution >= 4 is 65.4 Å². The molecular weight excluding hydrogens is 720 g/mol. The molecule has 0 unspecified atom stereocenters. The van der Waals surface area contributed by atoms with Gasteiger partial charge in [0.1, 0.15) is 0 Å². The normalized spacial score (nSPS) is 10.9. The van der Waals surface area contributed by atoms with Crippen LogP contribution in [-0.4, -0.2) is 37.0 Å². The fraction of sp³-hybridized carbons (Fsp3) is 0.125. The van der Waals surface area contributed by atoms with Crippen LogP contribution in [0, 0.1) is 20.0 Å². The summed E-state index contributed by atoms with van der Waals surface area (Å²) in [6.07, 6.45) is 8.00. The highest BCUT2D eigenvalue weighted by atomic mass is 127. The minimum atomic E-state index is -5.84. The molecule has 0 amide bonds. The van der Waals surface area contributed by atoms with Crippen LogP contribution >= 0.6 is 45.2 Å². The Morgan fingerprint density at radius 2 is 0.750 bits per heavy atom. The highest BCUT2D eigenvalue weighted by molar-refractivity contribution is 14.1. The van der Waals surface area contributed by atoms with Gasteiger partial charge in [-0.05, 0) is 69.4 Å².